The first-order valence-electron chi connectivity index (χ1n) is 6.00. The molecule has 1 atom stereocenters. The number of hydrogen-bond donors (Lipinski definition) is 2. The second-order valence-electron chi connectivity index (χ2n) is 4.31. The molecule has 2 heterocycles. The maximum absolute atomic E-state index is 9.01. The van der Waals surface area contributed by atoms with Crippen LogP contribution in [0.4, 0.5) is 5.82 Å². The third kappa shape index (κ3) is 3.14. The standard InChI is InChI=1S/C12H17N5/c1-9-15-8-10(7-13)12(16-9)17-11-3-2-5-14-6-4-11/h8,11,14H,2-6H2,1H3,(H,15,16,17). The SMILES string of the molecule is Cc1ncc(C#N)c(NC2CCCNCC2)n1. The first kappa shape index (κ1) is 11.8. The Labute approximate surface area is 101 Å². The van der Waals surface area contributed by atoms with Gasteiger partial charge in [0.1, 0.15) is 23.3 Å². The molecule has 0 spiro atoms. The van der Waals surface area contributed by atoms with E-state index >= 15 is 0 Å². The van der Waals surface area contributed by atoms with Gasteiger partial charge >= 0.3 is 0 Å². The van der Waals surface area contributed by atoms with Crippen LogP contribution in [0.2, 0.25) is 0 Å². The molecule has 1 aliphatic heterocycles. The van der Waals surface area contributed by atoms with Gasteiger partial charge in [-0.25, -0.2) is 9.97 Å². The summed E-state index contributed by atoms with van der Waals surface area (Å²) < 4.78 is 0. The fourth-order valence-corrected chi connectivity index (χ4v) is 2.02. The van der Waals surface area contributed by atoms with E-state index in [-0.39, 0.29) is 0 Å². The molecule has 5 nitrogen and oxygen atoms in total. The second kappa shape index (κ2) is 5.60. The largest absolute Gasteiger partial charge is 0.366 e. The van der Waals surface area contributed by atoms with Crippen molar-refractivity contribution in [1.29, 1.82) is 5.26 Å². The van der Waals surface area contributed by atoms with E-state index in [4.69, 9.17) is 5.26 Å². The lowest BCUT2D eigenvalue weighted by Gasteiger charge is -2.17. The molecule has 1 aromatic rings. The van der Waals surface area contributed by atoms with Gasteiger partial charge in [0.2, 0.25) is 0 Å². The minimum Gasteiger partial charge on any atom is -0.366 e. The number of aryl methyl sites for hydroxylation is 1. The topological polar surface area (TPSA) is 73.6 Å². The number of anilines is 1. The van der Waals surface area contributed by atoms with E-state index in [2.05, 4.69) is 26.7 Å². The van der Waals surface area contributed by atoms with Crippen molar-refractivity contribution >= 4 is 5.82 Å². The van der Waals surface area contributed by atoms with Gasteiger partial charge in [-0.3, -0.25) is 0 Å². The Morgan fingerprint density at radius 3 is 3.18 bits per heavy atom. The fraction of sp³-hybridized carbons (Fsp3) is 0.583. The summed E-state index contributed by atoms with van der Waals surface area (Å²) in [5.74, 6) is 1.37. The maximum Gasteiger partial charge on any atom is 0.147 e. The smallest absolute Gasteiger partial charge is 0.147 e. The highest BCUT2D eigenvalue weighted by molar-refractivity contribution is 5.51. The van der Waals surface area contributed by atoms with Crippen molar-refractivity contribution in [2.24, 2.45) is 0 Å². The molecule has 2 N–H and O–H groups in total. The maximum atomic E-state index is 9.01. The summed E-state index contributed by atoms with van der Waals surface area (Å²) in [4.78, 5) is 8.34. The second-order valence-corrected chi connectivity index (χ2v) is 4.31. The number of hydrogen-bond acceptors (Lipinski definition) is 5. The number of nitriles is 1. The minimum absolute atomic E-state index is 0.395. The Morgan fingerprint density at radius 2 is 2.35 bits per heavy atom. The van der Waals surface area contributed by atoms with E-state index < -0.39 is 0 Å². The number of nitrogens with one attached hydrogen (secondary N) is 2. The van der Waals surface area contributed by atoms with Gasteiger partial charge in [-0.2, -0.15) is 5.26 Å². The Balaban J connectivity index is 2.11. The van der Waals surface area contributed by atoms with Crippen LogP contribution >= 0.6 is 0 Å². The molecule has 1 aromatic heterocycles. The number of aromatic nitrogens is 2. The van der Waals surface area contributed by atoms with Gasteiger partial charge in [0.25, 0.3) is 0 Å². The molecule has 5 heteroatoms. The lowest BCUT2D eigenvalue weighted by molar-refractivity contribution is 0.634. The Bertz CT molecular complexity index is 415. The van der Waals surface area contributed by atoms with Crippen LogP contribution in [0.3, 0.4) is 0 Å². The summed E-state index contributed by atoms with van der Waals surface area (Å²) in [7, 11) is 0. The van der Waals surface area contributed by atoms with Crippen molar-refractivity contribution in [3.8, 4) is 6.07 Å². The Kier molecular flexibility index (Phi) is 3.89. The van der Waals surface area contributed by atoms with E-state index in [1.54, 1.807) is 6.20 Å². The van der Waals surface area contributed by atoms with Gasteiger partial charge in [0.15, 0.2) is 0 Å². The monoisotopic (exact) mass is 231 g/mol. The van der Waals surface area contributed by atoms with Crippen molar-refractivity contribution in [3.63, 3.8) is 0 Å². The molecule has 90 valence electrons. The summed E-state index contributed by atoms with van der Waals surface area (Å²) in [5.41, 5.74) is 0.521. The minimum atomic E-state index is 0.395. The molecular weight excluding hydrogens is 214 g/mol. The predicted molar refractivity (Wildman–Crippen MR) is 65.6 cm³/mol. The molecule has 0 aliphatic carbocycles. The molecule has 0 radical (unpaired) electrons. The van der Waals surface area contributed by atoms with Crippen LogP contribution in [0.1, 0.15) is 30.7 Å². The van der Waals surface area contributed by atoms with Gasteiger partial charge < -0.3 is 10.6 Å². The van der Waals surface area contributed by atoms with Crippen LogP contribution in [-0.2, 0) is 0 Å². The first-order chi connectivity index (χ1) is 8.29. The highest BCUT2D eigenvalue weighted by Gasteiger charge is 2.14. The van der Waals surface area contributed by atoms with Crippen LogP contribution in [-0.4, -0.2) is 29.1 Å². The summed E-state index contributed by atoms with van der Waals surface area (Å²) in [5, 5.41) is 15.7. The van der Waals surface area contributed by atoms with E-state index in [0.717, 1.165) is 32.4 Å². The molecule has 2 rings (SSSR count). The van der Waals surface area contributed by atoms with Gasteiger partial charge in [0, 0.05) is 6.04 Å². The molecule has 0 aromatic carbocycles. The average Bonchev–Trinajstić information content (AvgIpc) is 2.58. The van der Waals surface area contributed by atoms with Crippen LogP contribution in [0.5, 0.6) is 0 Å². The highest BCUT2D eigenvalue weighted by atomic mass is 15.1. The quantitative estimate of drug-likeness (QED) is 0.800. The zero-order chi connectivity index (χ0) is 12.1. The number of nitrogens with zero attached hydrogens (tertiary/aromatic N) is 3. The molecule has 1 aliphatic rings. The average molecular weight is 231 g/mol. The van der Waals surface area contributed by atoms with Gasteiger partial charge in [-0.15, -0.1) is 0 Å². The van der Waals surface area contributed by atoms with Crippen LogP contribution < -0.4 is 10.6 Å². The molecular formula is C12H17N5. The van der Waals surface area contributed by atoms with Gasteiger partial charge in [-0.1, -0.05) is 0 Å². The lowest BCUT2D eigenvalue weighted by Crippen LogP contribution is -2.22. The number of rotatable bonds is 2. The van der Waals surface area contributed by atoms with Crippen molar-refractivity contribution < 1.29 is 0 Å². The summed E-state index contributed by atoms with van der Waals surface area (Å²) in [6.45, 7) is 3.93. The first-order valence-corrected chi connectivity index (χ1v) is 6.00. The van der Waals surface area contributed by atoms with Gasteiger partial charge in [-0.05, 0) is 39.3 Å². The van der Waals surface area contributed by atoms with E-state index in [0.29, 0.717) is 23.2 Å². The molecule has 17 heavy (non-hydrogen) atoms. The summed E-state index contributed by atoms with van der Waals surface area (Å²) in [6.07, 6.45) is 4.91. The van der Waals surface area contributed by atoms with Crippen molar-refractivity contribution in [3.05, 3.63) is 17.6 Å². The molecule has 1 fully saturated rings. The van der Waals surface area contributed by atoms with Crippen molar-refractivity contribution in [2.45, 2.75) is 32.2 Å². The van der Waals surface area contributed by atoms with Crippen molar-refractivity contribution in [1.82, 2.24) is 15.3 Å². The molecule has 1 saturated heterocycles. The Morgan fingerprint density at radius 1 is 1.47 bits per heavy atom. The third-order valence-corrected chi connectivity index (χ3v) is 2.95. The molecule has 0 amide bonds. The van der Waals surface area contributed by atoms with E-state index in [1.807, 2.05) is 6.92 Å². The zero-order valence-corrected chi connectivity index (χ0v) is 10.0. The van der Waals surface area contributed by atoms with Crippen LogP contribution in [0, 0.1) is 18.3 Å². The van der Waals surface area contributed by atoms with Crippen molar-refractivity contribution in [2.75, 3.05) is 18.4 Å². The van der Waals surface area contributed by atoms with E-state index in [1.165, 1.54) is 0 Å². The molecule has 1 unspecified atom stereocenters. The zero-order valence-electron chi connectivity index (χ0n) is 10.0. The fourth-order valence-electron chi connectivity index (χ4n) is 2.02. The molecule has 0 bridgehead atoms. The lowest BCUT2D eigenvalue weighted by atomic mass is 10.1. The summed E-state index contributed by atoms with van der Waals surface area (Å²) >= 11 is 0. The van der Waals surface area contributed by atoms with Gasteiger partial charge in [0.05, 0.1) is 6.20 Å². The normalized spacial score (nSPS) is 20.4. The van der Waals surface area contributed by atoms with E-state index in [9.17, 15) is 0 Å². The summed E-state index contributed by atoms with van der Waals surface area (Å²) in [6, 6.07) is 2.52. The van der Waals surface area contributed by atoms with Crippen LogP contribution in [0.25, 0.3) is 0 Å². The van der Waals surface area contributed by atoms with Crippen LogP contribution in [0.15, 0.2) is 6.20 Å². The predicted octanol–water partition coefficient (Wildman–Crippen LogP) is 1.21. The Hall–Kier alpha value is -1.67. The highest BCUT2D eigenvalue weighted by Crippen LogP contribution is 2.15. The molecule has 0 saturated carbocycles. The third-order valence-electron chi connectivity index (χ3n) is 2.95.